The van der Waals surface area contributed by atoms with E-state index in [0.717, 1.165) is 19.3 Å². The molecule has 0 heterocycles. The first-order valence-corrected chi connectivity index (χ1v) is 5.89. The highest BCUT2D eigenvalue weighted by Gasteiger charge is 2.12. The Morgan fingerprint density at radius 1 is 1.08 bits per heavy atom. The van der Waals surface area contributed by atoms with Crippen LogP contribution in [-0.2, 0) is 19.7 Å². The van der Waals surface area contributed by atoms with Gasteiger partial charge in [-0.1, -0.05) is 20.8 Å². The summed E-state index contributed by atoms with van der Waals surface area (Å²) in [5, 5.41) is 0. The second-order valence-corrected chi connectivity index (χ2v) is 3.85. The van der Waals surface area contributed by atoms with Crippen LogP contribution in [0.5, 0.6) is 0 Å². The second-order valence-electron chi connectivity index (χ2n) is 3.05. The van der Waals surface area contributed by atoms with Gasteiger partial charge in [-0.05, 0) is 26.2 Å². The topological polar surface area (TPSA) is 35.5 Å². The molecule has 4 heteroatoms. The minimum Gasteiger partial charge on any atom is -0.265 e. The van der Waals surface area contributed by atoms with Crippen molar-refractivity contribution in [1.29, 1.82) is 0 Å². The zero-order valence-corrected chi connectivity index (χ0v) is 9.73. The van der Waals surface area contributed by atoms with E-state index >= 15 is 0 Å². The smallest absolute Gasteiger partial charge is 0.265 e. The van der Waals surface area contributed by atoms with Crippen molar-refractivity contribution in [3.8, 4) is 0 Å². The molecule has 0 aromatic rings. The van der Waals surface area contributed by atoms with Crippen molar-refractivity contribution >= 4 is 11.4 Å². The van der Waals surface area contributed by atoms with Gasteiger partial charge >= 0.3 is 11.4 Å². The Morgan fingerprint density at radius 3 is 2.00 bits per heavy atom. The summed E-state index contributed by atoms with van der Waals surface area (Å²) in [4.78, 5) is 0. The van der Waals surface area contributed by atoms with Crippen LogP contribution in [0.3, 0.4) is 0 Å². The number of rotatable bonds is 7. The lowest BCUT2D eigenvalue weighted by Crippen LogP contribution is -2.17. The second kappa shape index (κ2) is 7.47. The van der Waals surface area contributed by atoms with Gasteiger partial charge in [0, 0.05) is 0 Å². The molecular weight excluding hydrogens is 188 g/mol. The van der Waals surface area contributed by atoms with Crippen LogP contribution in [0.15, 0.2) is 0 Å². The van der Waals surface area contributed by atoms with Crippen LogP contribution in [0.1, 0.15) is 47.0 Å². The maximum Gasteiger partial charge on any atom is 0.305 e. The van der Waals surface area contributed by atoms with Gasteiger partial charge in [0.05, 0.1) is 12.2 Å². The summed E-state index contributed by atoms with van der Waals surface area (Å²) in [6.07, 6.45) is 2.62. The highest BCUT2D eigenvalue weighted by molar-refractivity contribution is 7.75. The molecule has 0 aliphatic rings. The molecule has 2 unspecified atom stereocenters. The van der Waals surface area contributed by atoms with E-state index in [2.05, 4.69) is 0 Å². The molecule has 0 spiro atoms. The van der Waals surface area contributed by atoms with Gasteiger partial charge in [0.25, 0.3) is 0 Å². The lowest BCUT2D eigenvalue weighted by Gasteiger charge is -2.14. The van der Waals surface area contributed by atoms with Crippen molar-refractivity contribution in [2.75, 3.05) is 0 Å². The summed E-state index contributed by atoms with van der Waals surface area (Å²) in [7, 11) is 0. The summed E-state index contributed by atoms with van der Waals surface area (Å²) >= 11 is -1.58. The normalized spacial score (nSPS) is 16.1. The Morgan fingerprint density at radius 2 is 1.62 bits per heavy atom. The van der Waals surface area contributed by atoms with Crippen LogP contribution in [0.2, 0.25) is 0 Å². The Balaban J connectivity index is 3.72. The minimum atomic E-state index is -1.58. The first-order valence-electron chi connectivity index (χ1n) is 4.89. The largest absolute Gasteiger partial charge is 0.305 e. The van der Waals surface area contributed by atoms with E-state index in [0.29, 0.717) is 0 Å². The van der Waals surface area contributed by atoms with E-state index in [1.165, 1.54) is 0 Å². The van der Waals surface area contributed by atoms with Gasteiger partial charge < -0.3 is 0 Å². The molecule has 0 N–H and O–H groups in total. The molecular formula is C9H20O3S. The average molecular weight is 208 g/mol. The standard InChI is InChI=1S/C9H20O3S/c1-5-8(4)11-13(10)12-9(6-2)7-3/h8-9H,5-7H2,1-4H3. The summed E-state index contributed by atoms with van der Waals surface area (Å²) in [6.45, 7) is 7.89. The molecule has 0 aromatic heterocycles. The van der Waals surface area contributed by atoms with Crippen LogP contribution in [0.25, 0.3) is 0 Å². The Bertz CT molecular complexity index is 146. The van der Waals surface area contributed by atoms with Gasteiger partial charge in [-0.2, -0.15) is 4.21 Å². The predicted molar refractivity (Wildman–Crippen MR) is 54.4 cm³/mol. The highest BCUT2D eigenvalue weighted by atomic mass is 32.2. The first-order chi connectivity index (χ1) is 6.13. The third-order valence-electron chi connectivity index (χ3n) is 1.94. The lowest BCUT2D eigenvalue weighted by molar-refractivity contribution is 0.147. The van der Waals surface area contributed by atoms with Gasteiger partial charge in [0.15, 0.2) is 0 Å². The van der Waals surface area contributed by atoms with Crippen LogP contribution < -0.4 is 0 Å². The minimum absolute atomic E-state index is 0.00445. The predicted octanol–water partition coefficient (Wildman–Crippen LogP) is 2.59. The fourth-order valence-electron chi connectivity index (χ4n) is 0.761. The van der Waals surface area contributed by atoms with Crippen molar-refractivity contribution in [3.05, 3.63) is 0 Å². The molecule has 0 rings (SSSR count). The molecule has 13 heavy (non-hydrogen) atoms. The summed E-state index contributed by atoms with van der Waals surface area (Å²) < 4.78 is 21.5. The zero-order valence-electron chi connectivity index (χ0n) is 8.91. The molecule has 0 saturated heterocycles. The van der Waals surface area contributed by atoms with Crippen LogP contribution in [0.4, 0.5) is 0 Å². The summed E-state index contributed by atoms with van der Waals surface area (Å²) in [5.41, 5.74) is 0. The highest BCUT2D eigenvalue weighted by Crippen LogP contribution is 2.08. The third kappa shape index (κ3) is 6.18. The molecule has 3 nitrogen and oxygen atoms in total. The Hall–Kier alpha value is 0.0700. The average Bonchev–Trinajstić information content (AvgIpc) is 2.13. The van der Waals surface area contributed by atoms with Gasteiger partial charge in [-0.25, -0.2) is 0 Å². The van der Waals surface area contributed by atoms with Crippen molar-refractivity contribution in [1.82, 2.24) is 0 Å². The van der Waals surface area contributed by atoms with Crippen LogP contribution >= 0.6 is 0 Å². The van der Waals surface area contributed by atoms with Gasteiger partial charge in [-0.15, -0.1) is 0 Å². The van der Waals surface area contributed by atoms with E-state index in [1.54, 1.807) is 0 Å². The van der Waals surface area contributed by atoms with Gasteiger partial charge in [0.2, 0.25) is 0 Å². The molecule has 0 saturated carbocycles. The van der Waals surface area contributed by atoms with Crippen molar-refractivity contribution in [3.63, 3.8) is 0 Å². The molecule has 0 radical (unpaired) electrons. The molecule has 0 fully saturated rings. The molecule has 0 aliphatic heterocycles. The van der Waals surface area contributed by atoms with Gasteiger partial charge in [0.1, 0.15) is 0 Å². The fraction of sp³-hybridized carbons (Fsp3) is 1.00. The van der Waals surface area contributed by atoms with Crippen molar-refractivity contribution in [2.24, 2.45) is 0 Å². The Kier molecular flexibility index (Phi) is 7.51. The fourth-order valence-corrected chi connectivity index (χ4v) is 1.70. The molecule has 0 bridgehead atoms. The maximum absolute atomic E-state index is 11.2. The van der Waals surface area contributed by atoms with Crippen LogP contribution in [-0.4, -0.2) is 16.4 Å². The molecule has 0 amide bonds. The SMILES string of the molecule is CCC(C)OS(=O)OC(CC)CC. The molecule has 80 valence electrons. The molecule has 0 aliphatic carbocycles. The number of hydrogen-bond acceptors (Lipinski definition) is 3. The van der Waals surface area contributed by atoms with Crippen molar-refractivity contribution in [2.45, 2.75) is 59.2 Å². The number of hydrogen-bond donors (Lipinski definition) is 0. The van der Waals surface area contributed by atoms with Crippen LogP contribution in [0, 0.1) is 0 Å². The van der Waals surface area contributed by atoms with E-state index in [-0.39, 0.29) is 12.2 Å². The van der Waals surface area contributed by atoms with E-state index in [1.807, 2.05) is 27.7 Å². The summed E-state index contributed by atoms with van der Waals surface area (Å²) in [5.74, 6) is 0. The monoisotopic (exact) mass is 208 g/mol. The van der Waals surface area contributed by atoms with E-state index in [9.17, 15) is 4.21 Å². The third-order valence-corrected chi connectivity index (χ3v) is 2.86. The molecule has 0 aromatic carbocycles. The Labute approximate surface area is 83.7 Å². The lowest BCUT2D eigenvalue weighted by atomic mass is 10.2. The first kappa shape index (κ1) is 13.1. The van der Waals surface area contributed by atoms with E-state index < -0.39 is 11.4 Å². The van der Waals surface area contributed by atoms with Crippen molar-refractivity contribution < 1.29 is 12.6 Å². The quantitative estimate of drug-likeness (QED) is 0.645. The molecule has 2 atom stereocenters. The van der Waals surface area contributed by atoms with E-state index in [4.69, 9.17) is 8.37 Å². The zero-order chi connectivity index (χ0) is 10.3. The maximum atomic E-state index is 11.2. The van der Waals surface area contributed by atoms with Gasteiger partial charge in [-0.3, -0.25) is 8.37 Å². The summed E-state index contributed by atoms with van der Waals surface area (Å²) in [6, 6.07) is 0.